The van der Waals surface area contributed by atoms with E-state index in [0.717, 1.165) is 12.8 Å². The highest BCUT2D eigenvalue weighted by Crippen LogP contribution is 2.34. The molecule has 3 rings (SSSR count). The molecule has 0 aliphatic heterocycles. The minimum Gasteiger partial charge on any atom is -0.122 e. The van der Waals surface area contributed by atoms with Crippen LogP contribution in [-0.4, -0.2) is 0 Å². The average molecular weight is 269 g/mol. The van der Waals surface area contributed by atoms with Crippen molar-refractivity contribution < 1.29 is 0 Å². The first-order valence-electron chi connectivity index (χ1n) is 6.84. The molecule has 96 valence electrons. The number of hydrogen-bond acceptors (Lipinski definition) is 0. The van der Waals surface area contributed by atoms with Gasteiger partial charge in [0.25, 0.3) is 0 Å². The van der Waals surface area contributed by atoms with Crippen molar-refractivity contribution in [1.29, 1.82) is 0 Å². The Balaban J connectivity index is 2.53. The molecule has 0 atom stereocenters. The second-order valence-electron chi connectivity index (χ2n) is 4.93. The van der Waals surface area contributed by atoms with Crippen LogP contribution in [0, 0.1) is 0 Å². The minimum absolute atomic E-state index is 0.563. The van der Waals surface area contributed by atoms with E-state index in [2.05, 4.69) is 55.5 Å². The number of halogens is 1. The molecule has 0 amide bonds. The third kappa shape index (κ3) is 2.01. The quantitative estimate of drug-likeness (QED) is 0.423. The van der Waals surface area contributed by atoms with Crippen LogP contribution < -0.4 is 0 Å². The molecule has 0 fully saturated rings. The predicted octanol–water partition coefficient (Wildman–Crippen LogP) is 5.68. The van der Waals surface area contributed by atoms with Crippen LogP contribution in [-0.2, 0) is 12.3 Å². The van der Waals surface area contributed by atoms with Gasteiger partial charge in [-0.05, 0) is 39.1 Å². The van der Waals surface area contributed by atoms with Crippen molar-refractivity contribution in [2.45, 2.75) is 25.6 Å². The minimum atomic E-state index is 0.563. The molecule has 0 unspecified atom stereocenters. The molecule has 1 heteroatoms. The lowest BCUT2D eigenvalue weighted by molar-refractivity contribution is 0.936. The van der Waals surface area contributed by atoms with E-state index in [0.29, 0.717) is 5.88 Å². The standard InChI is InChI=1S/C18H17Cl/c1-2-7-13-14-8-3-5-10-16(14)18(12-19)17-11-6-4-9-15(13)17/h3-6,8-11H,2,7,12H2,1H3. The van der Waals surface area contributed by atoms with E-state index in [4.69, 9.17) is 11.6 Å². The summed E-state index contributed by atoms with van der Waals surface area (Å²) in [6.45, 7) is 2.24. The summed E-state index contributed by atoms with van der Waals surface area (Å²) in [4.78, 5) is 0. The number of rotatable bonds is 3. The van der Waals surface area contributed by atoms with E-state index >= 15 is 0 Å². The lowest BCUT2D eigenvalue weighted by atomic mass is 9.90. The van der Waals surface area contributed by atoms with Gasteiger partial charge in [-0.3, -0.25) is 0 Å². The monoisotopic (exact) mass is 268 g/mol. The summed E-state index contributed by atoms with van der Waals surface area (Å²) in [5.74, 6) is 0.563. The molecule has 0 aromatic heterocycles. The number of benzene rings is 3. The lowest BCUT2D eigenvalue weighted by Crippen LogP contribution is -1.94. The fourth-order valence-corrected chi connectivity index (χ4v) is 3.26. The van der Waals surface area contributed by atoms with Gasteiger partial charge in [-0.1, -0.05) is 61.9 Å². The van der Waals surface area contributed by atoms with E-state index < -0.39 is 0 Å². The molecule has 0 N–H and O–H groups in total. The van der Waals surface area contributed by atoms with Gasteiger partial charge in [-0.15, -0.1) is 11.6 Å². The number of alkyl halides is 1. The maximum Gasteiger partial charge on any atom is 0.0486 e. The van der Waals surface area contributed by atoms with Crippen LogP contribution in [0.3, 0.4) is 0 Å². The highest BCUT2D eigenvalue weighted by molar-refractivity contribution is 6.20. The van der Waals surface area contributed by atoms with Crippen LogP contribution in [0.5, 0.6) is 0 Å². The first-order chi connectivity index (χ1) is 9.36. The Morgan fingerprint density at radius 3 is 1.53 bits per heavy atom. The summed E-state index contributed by atoms with van der Waals surface area (Å²) >= 11 is 6.21. The van der Waals surface area contributed by atoms with E-state index in [-0.39, 0.29) is 0 Å². The zero-order chi connectivity index (χ0) is 13.2. The smallest absolute Gasteiger partial charge is 0.0486 e. The fourth-order valence-electron chi connectivity index (χ4n) is 2.97. The third-order valence-corrected chi connectivity index (χ3v) is 4.06. The molecule has 0 radical (unpaired) electrons. The molecule has 0 aliphatic rings. The summed E-state index contributed by atoms with van der Waals surface area (Å²) in [5, 5.41) is 5.33. The maximum atomic E-state index is 6.21. The van der Waals surface area contributed by atoms with Gasteiger partial charge >= 0.3 is 0 Å². The van der Waals surface area contributed by atoms with Crippen molar-refractivity contribution in [3.8, 4) is 0 Å². The first kappa shape index (κ1) is 12.5. The van der Waals surface area contributed by atoms with Gasteiger partial charge in [0.2, 0.25) is 0 Å². The van der Waals surface area contributed by atoms with E-state index in [1.807, 2.05) is 0 Å². The summed E-state index contributed by atoms with van der Waals surface area (Å²) < 4.78 is 0. The van der Waals surface area contributed by atoms with Crippen molar-refractivity contribution in [2.75, 3.05) is 0 Å². The molecule has 0 saturated carbocycles. The summed E-state index contributed by atoms with van der Waals surface area (Å²) in [7, 11) is 0. The first-order valence-corrected chi connectivity index (χ1v) is 7.37. The van der Waals surface area contributed by atoms with E-state index in [1.165, 1.54) is 32.7 Å². The van der Waals surface area contributed by atoms with Crippen LogP contribution in [0.2, 0.25) is 0 Å². The molecule has 0 heterocycles. The van der Waals surface area contributed by atoms with Crippen LogP contribution in [0.4, 0.5) is 0 Å². The molecular formula is C18H17Cl. The number of aryl methyl sites for hydroxylation is 1. The van der Waals surface area contributed by atoms with Gasteiger partial charge in [-0.25, -0.2) is 0 Å². The van der Waals surface area contributed by atoms with Crippen LogP contribution >= 0.6 is 11.6 Å². The third-order valence-electron chi connectivity index (χ3n) is 3.79. The molecule has 0 spiro atoms. The Morgan fingerprint density at radius 1 is 0.737 bits per heavy atom. The lowest BCUT2D eigenvalue weighted by Gasteiger charge is -2.15. The van der Waals surface area contributed by atoms with Crippen molar-refractivity contribution in [2.24, 2.45) is 0 Å². The molecule has 0 bridgehead atoms. The Labute approximate surface area is 119 Å². The Bertz CT molecular complexity index is 671. The highest BCUT2D eigenvalue weighted by Gasteiger charge is 2.11. The molecule has 19 heavy (non-hydrogen) atoms. The van der Waals surface area contributed by atoms with Gasteiger partial charge in [0.1, 0.15) is 0 Å². The summed E-state index contributed by atoms with van der Waals surface area (Å²) in [5.41, 5.74) is 2.72. The van der Waals surface area contributed by atoms with Crippen LogP contribution in [0.15, 0.2) is 48.5 Å². The normalized spacial score (nSPS) is 11.3. The molecular weight excluding hydrogens is 252 g/mol. The van der Waals surface area contributed by atoms with Crippen molar-refractivity contribution in [1.82, 2.24) is 0 Å². The zero-order valence-corrected chi connectivity index (χ0v) is 11.9. The van der Waals surface area contributed by atoms with Gasteiger partial charge in [0.05, 0.1) is 0 Å². The van der Waals surface area contributed by atoms with Crippen molar-refractivity contribution in [3.05, 3.63) is 59.7 Å². The van der Waals surface area contributed by atoms with Gasteiger partial charge in [0, 0.05) is 5.88 Å². The summed E-state index contributed by atoms with van der Waals surface area (Å²) in [6, 6.07) is 17.3. The molecule has 0 nitrogen and oxygen atoms in total. The van der Waals surface area contributed by atoms with Crippen molar-refractivity contribution >= 4 is 33.1 Å². The molecule has 0 aliphatic carbocycles. The fraction of sp³-hybridized carbons (Fsp3) is 0.222. The second kappa shape index (κ2) is 5.22. The summed E-state index contributed by atoms with van der Waals surface area (Å²) in [6.07, 6.45) is 2.28. The van der Waals surface area contributed by atoms with Gasteiger partial charge in [0.15, 0.2) is 0 Å². The topological polar surface area (TPSA) is 0 Å². The van der Waals surface area contributed by atoms with Crippen molar-refractivity contribution in [3.63, 3.8) is 0 Å². The van der Waals surface area contributed by atoms with Crippen LogP contribution in [0.25, 0.3) is 21.5 Å². The van der Waals surface area contributed by atoms with Gasteiger partial charge < -0.3 is 0 Å². The second-order valence-corrected chi connectivity index (χ2v) is 5.20. The Morgan fingerprint density at radius 2 is 1.16 bits per heavy atom. The number of fused-ring (bicyclic) bond motifs is 2. The molecule has 0 saturated heterocycles. The highest BCUT2D eigenvalue weighted by atomic mass is 35.5. The van der Waals surface area contributed by atoms with Gasteiger partial charge in [-0.2, -0.15) is 0 Å². The SMILES string of the molecule is CCCc1c2ccccc2c(CCl)c2ccccc12. The molecule has 3 aromatic carbocycles. The Hall–Kier alpha value is -1.53. The molecule has 3 aromatic rings. The largest absolute Gasteiger partial charge is 0.122 e. The number of hydrogen-bond donors (Lipinski definition) is 0. The maximum absolute atomic E-state index is 6.21. The van der Waals surface area contributed by atoms with E-state index in [1.54, 1.807) is 0 Å². The average Bonchev–Trinajstić information content (AvgIpc) is 2.47. The Kier molecular flexibility index (Phi) is 3.44. The van der Waals surface area contributed by atoms with Crippen LogP contribution in [0.1, 0.15) is 24.5 Å². The predicted molar refractivity (Wildman–Crippen MR) is 85.0 cm³/mol. The van der Waals surface area contributed by atoms with E-state index in [9.17, 15) is 0 Å². The zero-order valence-electron chi connectivity index (χ0n) is 11.1.